The molecule has 2 amide bonds. The van der Waals surface area contributed by atoms with Gasteiger partial charge in [-0.15, -0.1) is 0 Å². The van der Waals surface area contributed by atoms with E-state index in [0.29, 0.717) is 13.0 Å². The maximum Gasteiger partial charge on any atom is 0.316 e. The summed E-state index contributed by atoms with van der Waals surface area (Å²) in [5.41, 5.74) is 1.83. The number of nitrogens with zero attached hydrogens (tertiary/aromatic N) is 2. The zero-order valence-electron chi connectivity index (χ0n) is 11.1. The SMILES string of the molecule is CN(C)C(=O)NCCc1cc(-c2ccccc2)on1. The quantitative estimate of drug-likeness (QED) is 0.915. The molecule has 1 aromatic carbocycles. The largest absolute Gasteiger partial charge is 0.356 e. The molecule has 0 bridgehead atoms. The number of carbonyl (C=O) groups excluding carboxylic acids is 1. The van der Waals surface area contributed by atoms with Gasteiger partial charge < -0.3 is 14.7 Å². The van der Waals surface area contributed by atoms with Crippen molar-refractivity contribution in [3.05, 3.63) is 42.1 Å². The summed E-state index contributed by atoms with van der Waals surface area (Å²) in [5, 5.41) is 6.78. The van der Waals surface area contributed by atoms with E-state index in [-0.39, 0.29) is 6.03 Å². The lowest BCUT2D eigenvalue weighted by Crippen LogP contribution is -2.35. The van der Waals surface area contributed by atoms with E-state index in [2.05, 4.69) is 10.5 Å². The van der Waals surface area contributed by atoms with Crippen molar-refractivity contribution in [2.75, 3.05) is 20.6 Å². The van der Waals surface area contributed by atoms with E-state index >= 15 is 0 Å². The lowest BCUT2D eigenvalue weighted by atomic mass is 10.1. The van der Waals surface area contributed by atoms with Crippen molar-refractivity contribution in [2.24, 2.45) is 0 Å². The average molecular weight is 259 g/mol. The first kappa shape index (κ1) is 13.1. The third-order valence-electron chi connectivity index (χ3n) is 2.68. The van der Waals surface area contributed by atoms with Gasteiger partial charge in [0.25, 0.3) is 0 Å². The van der Waals surface area contributed by atoms with Crippen LogP contribution in [-0.4, -0.2) is 36.7 Å². The van der Waals surface area contributed by atoms with Crippen LogP contribution in [0.5, 0.6) is 0 Å². The molecule has 0 aliphatic carbocycles. The number of carbonyl (C=O) groups is 1. The van der Waals surface area contributed by atoms with Gasteiger partial charge in [0.15, 0.2) is 5.76 Å². The highest BCUT2D eigenvalue weighted by molar-refractivity contribution is 5.73. The molecule has 0 aliphatic rings. The van der Waals surface area contributed by atoms with E-state index in [1.807, 2.05) is 36.4 Å². The predicted molar refractivity (Wildman–Crippen MR) is 72.7 cm³/mol. The van der Waals surface area contributed by atoms with Crippen LogP contribution >= 0.6 is 0 Å². The maximum atomic E-state index is 11.3. The topological polar surface area (TPSA) is 58.4 Å². The Balaban J connectivity index is 1.90. The van der Waals surface area contributed by atoms with E-state index in [1.165, 1.54) is 4.90 Å². The highest BCUT2D eigenvalue weighted by Gasteiger charge is 2.07. The van der Waals surface area contributed by atoms with Gasteiger partial charge in [-0.25, -0.2) is 4.79 Å². The molecule has 0 fully saturated rings. The monoisotopic (exact) mass is 259 g/mol. The zero-order chi connectivity index (χ0) is 13.7. The highest BCUT2D eigenvalue weighted by atomic mass is 16.5. The molecule has 0 saturated carbocycles. The zero-order valence-corrected chi connectivity index (χ0v) is 11.1. The summed E-state index contributed by atoms with van der Waals surface area (Å²) >= 11 is 0. The fourth-order valence-corrected chi connectivity index (χ4v) is 1.62. The lowest BCUT2D eigenvalue weighted by molar-refractivity contribution is 0.217. The molecule has 0 aliphatic heterocycles. The van der Waals surface area contributed by atoms with E-state index in [0.717, 1.165) is 17.0 Å². The molecule has 1 aromatic heterocycles. The lowest BCUT2D eigenvalue weighted by Gasteiger charge is -2.10. The van der Waals surface area contributed by atoms with Gasteiger partial charge in [0, 0.05) is 38.7 Å². The second kappa shape index (κ2) is 6.04. The van der Waals surface area contributed by atoms with Crippen molar-refractivity contribution in [1.29, 1.82) is 0 Å². The molecule has 0 spiro atoms. The number of amides is 2. The summed E-state index contributed by atoms with van der Waals surface area (Å²) in [4.78, 5) is 12.8. The number of hydrogen-bond donors (Lipinski definition) is 1. The Morgan fingerprint density at radius 2 is 2.05 bits per heavy atom. The molecular formula is C14H17N3O2. The molecule has 2 rings (SSSR count). The van der Waals surface area contributed by atoms with E-state index in [9.17, 15) is 4.79 Å². The van der Waals surface area contributed by atoms with Crippen LogP contribution in [0, 0.1) is 0 Å². The molecule has 0 unspecified atom stereocenters. The summed E-state index contributed by atoms with van der Waals surface area (Å²) in [6.45, 7) is 0.539. The van der Waals surface area contributed by atoms with E-state index in [4.69, 9.17) is 4.52 Å². The Labute approximate surface area is 112 Å². The number of aromatic nitrogens is 1. The van der Waals surface area contributed by atoms with Gasteiger partial charge >= 0.3 is 6.03 Å². The predicted octanol–water partition coefficient (Wildman–Crippen LogP) is 2.16. The van der Waals surface area contributed by atoms with Gasteiger partial charge in [-0.3, -0.25) is 0 Å². The second-order valence-electron chi connectivity index (χ2n) is 4.42. The number of urea groups is 1. The number of rotatable bonds is 4. The summed E-state index contributed by atoms with van der Waals surface area (Å²) in [6.07, 6.45) is 0.649. The van der Waals surface area contributed by atoms with Crippen molar-refractivity contribution < 1.29 is 9.32 Å². The third-order valence-corrected chi connectivity index (χ3v) is 2.68. The fourth-order valence-electron chi connectivity index (χ4n) is 1.62. The molecule has 2 aromatic rings. The number of benzene rings is 1. The normalized spacial score (nSPS) is 10.2. The molecule has 0 radical (unpaired) electrons. The molecule has 0 saturated heterocycles. The van der Waals surface area contributed by atoms with Gasteiger partial charge in [0.05, 0.1) is 5.69 Å². The molecule has 1 heterocycles. The van der Waals surface area contributed by atoms with Gasteiger partial charge in [-0.2, -0.15) is 0 Å². The van der Waals surface area contributed by atoms with Gasteiger partial charge in [-0.1, -0.05) is 35.5 Å². The maximum absolute atomic E-state index is 11.3. The smallest absolute Gasteiger partial charge is 0.316 e. The van der Waals surface area contributed by atoms with E-state index < -0.39 is 0 Å². The first-order valence-electron chi connectivity index (χ1n) is 6.13. The first-order chi connectivity index (χ1) is 9.16. The molecular weight excluding hydrogens is 242 g/mol. The Morgan fingerprint density at radius 1 is 1.32 bits per heavy atom. The van der Waals surface area contributed by atoms with Crippen LogP contribution in [0.15, 0.2) is 40.9 Å². The summed E-state index contributed by atoms with van der Waals surface area (Å²) < 4.78 is 5.28. The van der Waals surface area contributed by atoms with Crippen molar-refractivity contribution in [3.63, 3.8) is 0 Å². The first-order valence-corrected chi connectivity index (χ1v) is 6.13. The average Bonchev–Trinajstić information content (AvgIpc) is 2.88. The molecule has 5 nitrogen and oxygen atoms in total. The Bertz CT molecular complexity index is 535. The van der Waals surface area contributed by atoms with Crippen molar-refractivity contribution in [2.45, 2.75) is 6.42 Å². The minimum absolute atomic E-state index is 0.105. The minimum atomic E-state index is -0.105. The van der Waals surface area contributed by atoms with Crippen LogP contribution in [-0.2, 0) is 6.42 Å². The summed E-state index contributed by atoms with van der Waals surface area (Å²) in [5.74, 6) is 0.745. The van der Waals surface area contributed by atoms with Crippen LogP contribution in [0.3, 0.4) is 0 Å². The second-order valence-corrected chi connectivity index (χ2v) is 4.42. The number of nitrogens with one attached hydrogen (secondary N) is 1. The van der Waals surface area contributed by atoms with Crippen LogP contribution in [0.4, 0.5) is 4.79 Å². The fraction of sp³-hybridized carbons (Fsp3) is 0.286. The van der Waals surface area contributed by atoms with Crippen molar-refractivity contribution in [3.8, 4) is 11.3 Å². The van der Waals surface area contributed by atoms with Crippen LogP contribution in [0.2, 0.25) is 0 Å². The molecule has 5 heteroatoms. The summed E-state index contributed by atoms with van der Waals surface area (Å²) in [7, 11) is 3.41. The van der Waals surface area contributed by atoms with E-state index in [1.54, 1.807) is 14.1 Å². The molecule has 0 atom stereocenters. The van der Waals surface area contributed by atoms with Crippen molar-refractivity contribution in [1.82, 2.24) is 15.4 Å². The Kier molecular flexibility index (Phi) is 4.18. The van der Waals surface area contributed by atoms with Gasteiger partial charge in [0.2, 0.25) is 0 Å². The minimum Gasteiger partial charge on any atom is -0.356 e. The van der Waals surface area contributed by atoms with Crippen molar-refractivity contribution >= 4 is 6.03 Å². The number of hydrogen-bond acceptors (Lipinski definition) is 3. The third kappa shape index (κ3) is 3.58. The molecule has 100 valence electrons. The van der Waals surface area contributed by atoms with Crippen LogP contribution < -0.4 is 5.32 Å². The molecule has 1 N–H and O–H groups in total. The van der Waals surface area contributed by atoms with Crippen LogP contribution in [0.25, 0.3) is 11.3 Å². The molecule has 19 heavy (non-hydrogen) atoms. The Hall–Kier alpha value is -2.30. The van der Waals surface area contributed by atoms with Gasteiger partial charge in [0.1, 0.15) is 0 Å². The highest BCUT2D eigenvalue weighted by Crippen LogP contribution is 2.19. The summed E-state index contributed by atoms with van der Waals surface area (Å²) in [6, 6.07) is 11.6. The van der Waals surface area contributed by atoms with Crippen LogP contribution in [0.1, 0.15) is 5.69 Å². The Morgan fingerprint density at radius 3 is 2.74 bits per heavy atom. The van der Waals surface area contributed by atoms with Gasteiger partial charge in [-0.05, 0) is 0 Å². The standard InChI is InChI=1S/C14H17N3O2/c1-17(2)14(18)15-9-8-12-10-13(19-16-12)11-6-4-3-5-7-11/h3-7,10H,8-9H2,1-2H3,(H,15,18).